The molecular weight excluding hydrogens is 266 g/mol. The molecule has 0 saturated heterocycles. The number of anilines is 1. The molecular formula is C13H18NO4S-. The molecule has 0 heterocycles. The van der Waals surface area contributed by atoms with Crippen molar-refractivity contribution in [3.05, 3.63) is 29.8 Å². The standard InChI is InChI=1S/C13H19NO4S/c1-9(2)8-12(13(15)16)14(19(17)18)11-7-5-4-6-10(11)3/h4-7,9,12H,8H2,1-3H3,(H,15,16)(H,17,18)/p-1. The van der Waals surface area contributed by atoms with Crippen LogP contribution in [-0.4, -0.2) is 25.9 Å². The van der Waals surface area contributed by atoms with E-state index in [0.29, 0.717) is 5.69 Å². The molecule has 0 aliphatic heterocycles. The van der Waals surface area contributed by atoms with E-state index in [9.17, 15) is 18.7 Å². The number of carbonyl (C=O) groups is 1. The third-order valence-electron chi connectivity index (χ3n) is 2.78. The van der Waals surface area contributed by atoms with Gasteiger partial charge in [-0.15, -0.1) is 0 Å². The Morgan fingerprint density at radius 3 is 2.42 bits per heavy atom. The lowest BCUT2D eigenvalue weighted by atomic mass is 10.0. The molecule has 6 heteroatoms. The molecule has 106 valence electrons. The molecule has 1 aromatic carbocycles. The van der Waals surface area contributed by atoms with Crippen LogP contribution >= 0.6 is 0 Å². The number of aryl methyl sites for hydroxylation is 1. The number of nitrogens with zero attached hydrogens (tertiary/aromatic N) is 1. The van der Waals surface area contributed by atoms with Gasteiger partial charge in [-0.1, -0.05) is 32.0 Å². The van der Waals surface area contributed by atoms with Crippen LogP contribution in [0.5, 0.6) is 0 Å². The van der Waals surface area contributed by atoms with Gasteiger partial charge in [0.2, 0.25) is 0 Å². The normalized spacial score (nSPS) is 14.2. The molecule has 2 unspecified atom stereocenters. The molecule has 19 heavy (non-hydrogen) atoms. The fraction of sp³-hybridized carbons (Fsp3) is 0.462. The van der Waals surface area contributed by atoms with E-state index in [1.807, 2.05) is 13.8 Å². The van der Waals surface area contributed by atoms with Gasteiger partial charge in [-0.25, -0.2) is 4.79 Å². The summed E-state index contributed by atoms with van der Waals surface area (Å²) < 4.78 is 23.8. The van der Waals surface area contributed by atoms with Gasteiger partial charge in [-0.3, -0.25) is 8.51 Å². The van der Waals surface area contributed by atoms with Crippen LogP contribution < -0.4 is 4.31 Å². The van der Waals surface area contributed by atoms with Crippen LogP contribution in [0.4, 0.5) is 5.69 Å². The molecule has 1 rings (SSSR count). The minimum absolute atomic E-state index is 0.0798. The summed E-state index contributed by atoms with van der Waals surface area (Å²) in [5.41, 5.74) is 1.13. The van der Waals surface area contributed by atoms with Gasteiger partial charge in [0.15, 0.2) is 0 Å². The van der Waals surface area contributed by atoms with Crippen molar-refractivity contribution in [1.82, 2.24) is 0 Å². The Morgan fingerprint density at radius 1 is 1.42 bits per heavy atom. The zero-order valence-electron chi connectivity index (χ0n) is 11.2. The van der Waals surface area contributed by atoms with E-state index in [1.165, 1.54) is 0 Å². The Kier molecular flexibility index (Phi) is 5.50. The molecule has 0 radical (unpaired) electrons. The molecule has 0 aromatic heterocycles. The maximum Gasteiger partial charge on any atom is 0.327 e. The first-order valence-electron chi connectivity index (χ1n) is 6.01. The summed E-state index contributed by atoms with van der Waals surface area (Å²) in [7, 11) is 0. The van der Waals surface area contributed by atoms with E-state index in [4.69, 9.17) is 0 Å². The topological polar surface area (TPSA) is 80.7 Å². The highest BCUT2D eigenvalue weighted by Crippen LogP contribution is 2.25. The van der Waals surface area contributed by atoms with Crippen LogP contribution in [0.2, 0.25) is 0 Å². The predicted octanol–water partition coefficient (Wildman–Crippen LogP) is 2.09. The Bertz CT molecular complexity index is 475. The lowest BCUT2D eigenvalue weighted by Gasteiger charge is -2.33. The second-order valence-electron chi connectivity index (χ2n) is 4.81. The average molecular weight is 284 g/mol. The van der Waals surface area contributed by atoms with Gasteiger partial charge in [0.25, 0.3) is 0 Å². The number of carboxylic acids is 1. The summed E-state index contributed by atoms with van der Waals surface area (Å²) in [6.07, 6.45) is 0.262. The lowest BCUT2D eigenvalue weighted by Crippen LogP contribution is -2.43. The number of hydrogen-bond donors (Lipinski definition) is 1. The first-order valence-corrected chi connectivity index (χ1v) is 7.04. The third-order valence-corrected chi connectivity index (χ3v) is 3.55. The van der Waals surface area contributed by atoms with Crippen molar-refractivity contribution in [2.24, 2.45) is 5.92 Å². The number of hydrogen-bond acceptors (Lipinski definition) is 3. The second-order valence-corrected chi connectivity index (χ2v) is 5.64. The molecule has 5 nitrogen and oxygen atoms in total. The molecule has 0 fully saturated rings. The Labute approximate surface area is 115 Å². The summed E-state index contributed by atoms with van der Waals surface area (Å²) in [6, 6.07) is 5.75. The summed E-state index contributed by atoms with van der Waals surface area (Å²) in [5, 5.41) is 9.28. The maximum absolute atomic E-state index is 11.4. The van der Waals surface area contributed by atoms with Crippen LogP contribution in [0.1, 0.15) is 25.8 Å². The van der Waals surface area contributed by atoms with Crippen LogP contribution in [0.15, 0.2) is 24.3 Å². The van der Waals surface area contributed by atoms with E-state index in [2.05, 4.69) is 0 Å². The second kappa shape index (κ2) is 6.68. The number of benzene rings is 1. The number of rotatable bonds is 6. The van der Waals surface area contributed by atoms with E-state index < -0.39 is 23.3 Å². The fourth-order valence-electron chi connectivity index (χ4n) is 1.91. The summed E-state index contributed by atoms with van der Waals surface area (Å²) in [4.78, 5) is 11.4. The first kappa shape index (κ1) is 15.7. The minimum atomic E-state index is -2.63. The van der Waals surface area contributed by atoms with Crippen LogP contribution in [-0.2, 0) is 16.1 Å². The molecule has 0 aliphatic rings. The number of carboxylic acid groups (broad SMARTS) is 1. The molecule has 0 spiro atoms. The summed E-state index contributed by atoms with van der Waals surface area (Å²) in [6.45, 7) is 5.48. The Morgan fingerprint density at radius 2 is 2.00 bits per heavy atom. The van der Waals surface area contributed by atoms with Gasteiger partial charge in [-0.05, 0) is 30.9 Å². The van der Waals surface area contributed by atoms with Gasteiger partial charge in [-0.2, -0.15) is 0 Å². The van der Waals surface area contributed by atoms with Crippen molar-refractivity contribution < 1.29 is 18.7 Å². The van der Waals surface area contributed by atoms with Gasteiger partial charge in [0, 0.05) is 11.3 Å². The maximum atomic E-state index is 11.4. The van der Waals surface area contributed by atoms with Gasteiger partial charge in [0.05, 0.1) is 5.69 Å². The van der Waals surface area contributed by atoms with Crippen LogP contribution in [0.25, 0.3) is 0 Å². The molecule has 0 bridgehead atoms. The van der Waals surface area contributed by atoms with E-state index in [-0.39, 0.29) is 12.3 Å². The van der Waals surface area contributed by atoms with Crippen molar-refractivity contribution in [1.29, 1.82) is 0 Å². The van der Waals surface area contributed by atoms with Crippen molar-refractivity contribution in [3.8, 4) is 0 Å². The third kappa shape index (κ3) is 4.04. The number of para-hydroxylation sites is 1. The van der Waals surface area contributed by atoms with Gasteiger partial charge >= 0.3 is 5.97 Å². The molecule has 1 N–H and O–H groups in total. The monoisotopic (exact) mass is 284 g/mol. The highest BCUT2D eigenvalue weighted by molar-refractivity contribution is 7.80. The SMILES string of the molecule is Cc1ccccc1N(C(CC(C)C)C(=O)O)S(=O)[O-]. The van der Waals surface area contributed by atoms with E-state index in [0.717, 1.165) is 9.87 Å². The fourth-order valence-corrected chi connectivity index (χ4v) is 2.66. The molecule has 1 aromatic rings. The largest absolute Gasteiger partial charge is 0.755 e. The van der Waals surface area contributed by atoms with Crippen LogP contribution in [0.3, 0.4) is 0 Å². The zero-order chi connectivity index (χ0) is 14.6. The quantitative estimate of drug-likeness (QED) is 0.811. The molecule has 0 saturated carbocycles. The minimum Gasteiger partial charge on any atom is -0.755 e. The van der Waals surface area contributed by atoms with Gasteiger partial charge < -0.3 is 9.66 Å². The number of aliphatic carboxylic acids is 1. The Balaban J connectivity index is 3.22. The van der Waals surface area contributed by atoms with Gasteiger partial charge in [0.1, 0.15) is 6.04 Å². The highest BCUT2D eigenvalue weighted by Gasteiger charge is 2.28. The van der Waals surface area contributed by atoms with Crippen molar-refractivity contribution >= 4 is 22.9 Å². The summed E-state index contributed by atoms with van der Waals surface area (Å²) in [5.74, 6) is -1.06. The molecule has 0 aliphatic carbocycles. The van der Waals surface area contributed by atoms with Crippen molar-refractivity contribution in [2.45, 2.75) is 33.2 Å². The average Bonchev–Trinajstić information content (AvgIpc) is 2.29. The van der Waals surface area contributed by atoms with Crippen molar-refractivity contribution in [2.75, 3.05) is 4.31 Å². The summed E-state index contributed by atoms with van der Waals surface area (Å²) >= 11 is -2.63. The zero-order valence-corrected chi connectivity index (χ0v) is 12.0. The van der Waals surface area contributed by atoms with Crippen molar-refractivity contribution in [3.63, 3.8) is 0 Å². The Hall–Kier alpha value is -1.40. The highest BCUT2D eigenvalue weighted by atomic mass is 32.2. The van der Waals surface area contributed by atoms with E-state index in [1.54, 1.807) is 31.2 Å². The smallest absolute Gasteiger partial charge is 0.327 e. The van der Waals surface area contributed by atoms with Crippen LogP contribution in [0, 0.1) is 12.8 Å². The predicted molar refractivity (Wildman–Crippen MR) is 73.5 cm³/mol. The first-order chi connectivity index (χ1) is 8.84. The lowest BCUT2D eigenvalue weighted by molar-refractivity contribution is -0.138. The molecule has 2 atom stereocenters. The van der Waals surface area contributed by atoms with E-state index >= 15 is 0 Å². The molecule has 0 amide bonds.